The van der Waals surface area contributed by atoms with Crippen LogP contribution in [0.15, 0.2) is 12.1 Å². The van der Waals surface area contributed by atoms with Crippen LogP contribution >= 0.6 is 0 Å². The second kappa shape index (κ2) is 6.51. The summed E-state index contributed by atoms with van der Waals surface area (Å²) in [6, 6.07) is 4.73. The van der Waals surface area contributed by atoms with E-state index in [1.54, 1.807) is 9.14 Å². The third-order valence-corrected chi connectivity index (χ3v) is 11.5. The van der Waals surface area contributed by atoms with Crippen LogP contribution in [-0.4, -0.2) is 49.2 Å². The molecule has 0 heterocycles. The van der Waals surface area contributed by atoms with Crippen LogP contribution in [0, 0.1) is 0 Å². The molecule has 2 aliphatic carbocycles. The number of hydrogen-bond acceptors (Lipinski definition) is 2. The van der Waals surface area contributed by atoms with Gasteiger partial charge >= 0.3 is 146 Å². The molecule has 2 aliphatic rings. The van der Waals surface area contributed by atoms with Crippen molar-refractivity contribution in [1.82, 2.24) is 4.90 Å². The van der Waals surface area contributed by atoms with E-state index in [0.29, 0.717) is 11.7 Å². The van der Waals surface area contributed by atoms with E-state index in [2.05, 4.69) is 31.9 Å². The predicted molar refractivity (Wildman–Crippen MR) is 101 cm³/mol. The molecule has 1 aromatic rings. The second-order valence-corrected chi connectivity index (χ2v) is 23.0. The van der Waals surface area contributed by atoms with Gasteiger partial charge in [-0.05, 0) is 0 Å². The molecule has 23 heavy (non-hydrogen) atoms. The van der Waals surface area contributed by atoms with E-state index in [1.807, 2.05) is 14.1 Å². The van der Waals surface area contributed by atoms with Gasteiger partial charge in [0.25, 0.3) is 0 Å². The summed E-state index contributed by atoms with van der Waals surface area (Å²) in [5, 5.41) is 0. The third-order valence-electron chi connectivity index (χ3n) is 5.70. The number of fused-ring (bicyclic) bond motifs is 1. The van der Waals surface area contributed by atoms with Gasteiger partial charge in [-0.1, -0.05) is 0 Å². The molecule has 3 heteroatoms. The summed E-state index contributed by atoms with van der Waals surface area (Å²) in [5.74, 6) is 1.09. The number of carbonyl (C=O) groups is 1. The van der Waals surface area contributed by atoms with Crippen molar-refractivity contribution in [3.63, 3.8) is 0 Å². The molecule has 1 fully saturated rings. The Morgan fingerprint density at radius 1 is 1.04 bits per heavy atom. The zero-order valence-electron chi connectivity index (χ0n) is 15.4. The molecule has 1 unspecified atom stereocenters. The first-order chi connectivity index (χ1) is 10.8. The van der Waals surface area contributed by atoms with E-state index >= 15 is 0 Å². The molecule has 3 rings (SSSR count). The molecule has 0 bridgehead atoms. The molecule has 0 saturated heterocycles. The van der Waals surface area contributed by atoms with Gasteiger partial charge < -0.3 is 0 Å². The van der Waals surface area contributed by atoms with Crippen LogP contribution in [0.25, 0.3) is 0 Å². The zero-order chi connectivity index (χ0) is 16.8. The van der Waals surface area contributed by atoms with Crippen molar-refractivity contribution in [2.24, 2.45) is 0 Å². The van der Waals surface area contributed by atoms with Crippen LogP contribution in [0.5, 0.6) is 0 Å². The standard InChI is InChI=1S/C17H22NO.3CH3.Sn/c1-18(2)16-11-14-9-8-13(10-15(14)17(16)19)12-6-4-3-5-7-12;;;;/h8-9,12,16H,3-7,11H2,1-2H3;3*1H3;. The van der Waals surface area contributed by atoms with Gasteiger partial charge in [-0.2, -0.15) is 0 Å². The van der Waals surface area contributed by atoms with Crippen LogP contribution in [-0.2, 0) is 6.42 Å². The molecule has 0 spiro atoms. The first-order valence-electron chi connectivity index (χ1n) is 9.17. The molecule has 0 radical (unpaired) electrons. The summed E-state index contributed by atoms with van der Waals surface area (Å²) in [6.07, 6.45) is 7.64. The maximum atomic E-state index is 13.1. The number of hydrogen-bond donors (Lipinski definition) is 0. The van der Waals surface area contributed by atoms with E-state index in [9.17, 15) is 4.79 Å². The fourth-order valence-corrected chi connectivity index (χ4v) is 10.8. The van der Waals surface area contributed by atoms with E-state index in [-0.39, 0.29) is 6.04 Å². The molecule has 1 saturated carbocycles. The van der Waals surface area contributed by atoms with Gasteiger partial charge in [0.2, 0.25) is 0 Å². The normalized spacial score (nSPS) is 22.7. The van der Waals surface area contributed by atoms with E-state index < -0.39 is 18.4 Å². The Balaban J connectivity index is 2.12. The summed E-state index contributed by atoms with van der Waals surface area (Å²) >= 11 is -2.38. The number of nitrogens with zero attached hydrogens (tertiary/aromatic N) is 1. The van der Waals surface area contributed by atoms with Crippen molar-refractivity contribution in [3.8, 4) is 0 Å². The Labute approximate surface area is 145 Å². The average molecular weight is 420 g/mol. The van der Waals surface area contributed by atoms with E-state index in [0.717, 1.165) is 12.0 Å². The van der Waals surface area contributed by atoms with Gasteiger partial charge in [0.15, 0.2) is 0 Å². The first kappa shape index (κ1) is 17.5. The Morgan fingerprint density at radius 3 is 2.26 bits per heavy atom. The number of carbonyl (C=O) groups excluding carboxylic acids is 1. The number of likely N-dealkylation sites (N-methyl/N-ethyl adjacent to an activating group) is 1. The summed E-state index contributed by atoms with van der Waals surface area (Å²) in [6.45, 7) is 0. The molecule has 0 N–H and O–H groups in total. The van der Waals surface area contributed by atoms with Crippen molar-refractivity contribution in [2.75, 3.05) is 14.1 Å². The van der Waals surface area contributed by atoms with Crippen molar-refractivity contribution in [1.29, 1.82) is 0 Å². The number of benzene rings is 1. The number of rotatable bonds is 3. The van der Waals surface area contributed by atoms with Gasteiger partial charge in [0.1, 0.15) is 0 Å². The first-order valence-corrected chi connectivity index (χ1v) is 19.2. The molecule has 0 aliphatic heterocycles. The SMILES string of the molecule is CN(C)C1Cc2ccc(C3CCCCC3)[c]([Sn]([CH3])([CH3])[CH3])c2C1=O. The van der Waals surface area contributed by atoms with Gasteiger partial charge in [-0.3, -0.25) is 0 Å². The molecular weight excluding hydrogens is 389 g/mol. The summed E-state index contributed by atoms with van der Waals surface area (Å²) < 4.78 is 1.55. The zero-order valence-corrected chi connectivity index (χ0v) is 18.3. The molecule has 1 atom stereocenters. The molecule has 0 aromatic heterocycles. The van der Waals surface area contributed by atoms with Crippen LogP contribution in [0.1, 0.15) is 59.5 Å². The van der Waals surface area contributed by atoms with Gasteiger partial charge in [0, 0.05) is 0 Å². The maximum absolute atomic E-state index is 13.1. The molecule has 2 nitrogen and oxygen atoms in total. The summed E-state index contributed by atoms with van der Waals surface area (Å²) in [4.78, 5) is 22.7. The Bertz CT molecular complexity index is 609. The average Bonchev–Trinajstić information content (AvgIpc) is 2.84. The molecule has 0 amide bonds. The molecule has 126 valence electrons. The minimum absolute atomic E-state index is 0.0546. The van der Waals surface area contributed by atoms with Gasteiger partial charge in [-0.15, -0.1) is 0 Å². The fraction of sp³-hybridized carbons (Fsp3) is 0.650. The molecule has 1 aromatic carbocycles. The Kier molecular flexibility index (Phi) is 4.95. The molecular formula is C20H31NOSn. The van der Waals surface area contributed by atoms with Crippen LogP contribution in [0.4, 0.5) is 0 Å². The quantitative estimate of drug-likeness (QED) is 0.691. The van der Waals surface area contributed by atoms with Crippen molar-refractivity contribution in [2.45, 2.75) is 65.3 Å². The minimum atomic E-state index is -2.38. The van der Waals surface area contributed by atoms with Crippen molar-refractivity contribution >= 4 is 27.7 Å². The van der Waals surface area contributed by atoms with E-state index in [4.69, 9.17) is 0 Å². The Hall–Kier alpha value is -0.351. The number of ketones is 1. The fourth-order valence-electron chi connectivity index (χ4n) is 4.56. The summed E-state index contributed by atoms with van der Waals surface area (Å²) in [5.41, 5.74) is 4.02. The van der Waals surface area contributed by atoms with Gasteiger partial charge in [-0.25, -0.2) is 0 Å². The Morgan fingerprint density at radius 2 is 1.70 bits per heavy atom. The topological polar surface area (TPSA) is 20.3 Å². The second-order valence-electron chi connectivity index (χ2n) is 8.70. The predicted octanol–water partition coefficient (Wildman–Crippen LogP) is 3.95. The van der Waals surface area contributed by atoms with Crippen molar-refractivity contribution in [3.05, 3.63) is 28.8 Å². The van der Waals surface area contributed by atoms with Crippen LogP contribution < -0.4 is 3.58 Å². The van der Waals surface area contributed by atoms with Gasteiger partial charge in [0.05, 0.1) is 0 Å². The van der Waals surface area contributed by atoms with Crippen LogP contribution in [0.2, 0.25) is 14.8 Å². The summed E-state index contributed by atoms with van der Waals surface area (Å²) in [7, 11) is 4.08. The monoisotopic (exact) mass is 421 g/mol. The number of Topliss-reactive ketones (excluding diaryl/α,β-unsaturated/α-hetero) is 1. The third kappa shape index (κ3) is 3.26. The van der Waals surface area contributed by atoms with Crippen LogP contribution in [0.3, 0.4) is 0 Å². The van der Waals surface area contributed by atoms with Crippen molar-refractivity contribution < 1.29 is 4.79 Å². The van der Waals surface area contributed by atoms with E-state index in [1.165, 1.54) is 37.7 Å².